The summed E-state index contributed by atoms with van der Waals surface area (Å²) in [6.07, 6.45) is 1.90. The fourth-order valence-electron chi connectivity index (χ4n) is 1.55. The van der Waals surface area contributed by atoms with Crippen molar-refractivity contribution in [1.82, 2.24) is 4.90 Å². The zero-order chi connectivity index (χ0) is 11.5. The second kappa shape index (κ2) is 5.16. The summed E-state index contributed by atoms with van der Waals surface area (Å²) >= 11 is 2.96. The lowest BCUT2D eigenvalue weighted by molar-refractivity contribution is -0.137. The number of fused-ring (bicyclic) bond motifs is 1. The first kappa shape index (κ1) is 11.9. The monoisotopic (exact) mass is 259 g/mol. The summed E-state index contributed by atoms with van der Waals surface area (Å²) < 4.78 is 5.01. The number of nitrogens with zero attached hydrogens (tertiary/aromatic N) is 1. The lowest BCUT2D eigenvalue weighted by atomic mass is 10.3. The molecule has 1 N–H and O–H groups in total. The number of esters is 1. The van der Waals surface area contributed by atoms with Crippen LogP contribution >= 0.6 is 23.5 Å². The van der Waals surface area contributed by atoms with Gasteiger partial charge in [-0.1, -0.05) is 11.8 Å². The van der Waals surface area contributed by atoms with Crippen LogP contribution < -0.4 is 0 Å². The van der Waals surface area contributed by atoms with Gasteiger partial charge in [0.05, 0.1) is 19.3 Å². The minimum absolute atomic E-state index is 0.0597. The van der Waals surface area contributed by atoms with Crippen LogP contribution in [0.1, 0.15) is 6.92 Å². The number of carbonyl (C=O) groups excluding carboxylic acids is 1. The highest BCUT2D eigenvalue weighted by Crippen LogP contribution is 2.42. The van der Waals surface area contributed by atoms with Crippen LogP contribution in [0, 0.1) is 0 Å². The second-order valence-corrected chi connectivity index (χ2v) is 5.24. The number of ether oxygens (including phenoxy) is 1. The summed E-state index contributed by atoms with van der Waals surface area (Å²) in [4.78, 5) is 14.3. The van der Waals surface area contributed by atoms with Gasteiger partial charge in [-0.15, -0.1) is 11.8 Å². The van der Waals surface area contributed by atoms with E-state index in [1.165, 1.54) is 23.5 Å². The van der Waals surface area contributed by atoms with E-state index in [-0.39, 0.29) is 18.6 Å². The molecule has 2 heterocycles. The van der Waals surface area contributed by atoms with Crippen molar-refractivity contribution in [3.05, 3.63) is 21.5 Å². The number of carbonyl (C=O) groups is 1. The zero-order valence-electron chi connectivity index (χ0n) is 8.88. The van der Waals surface area contributed by atoms with E-state index >= 15 is 0 Å². The van der Waals surface area contributed by atoms with Crippen molar-refractivity contribution in [2.24, 2.45) is 0 Å². The number of hydrogen-bond donors (Lipinski definition) is 1. The van der Waals surface area contributed by atoms with Gasteiger partial charge in [0.1, 0.15) is 9.93 Å². The molecule has 0 aromatic carbocycles. The quantitative estimate of drug-likeness (QED) is 0.772. The van der Waals surface area contributed by atoms with Crippen LogP contribution in [0.5, 0.6) is 0 Å². The first-order valence-corrected chi connectivity index (χ1v) is 6.91. The molecule has 4 nitrogen and oxygen atoms in total. The summed E-state index contributed by atoms with van der Waals surface area (Å²) in [5.41, 5.74) is 0. The SMILES string of the molecule is CCOC(=O)C1=C2SC=CN2C(CO)CS1. The van der Waals surface area contributed by atoms with Crippen LogP contribution in [0.15, 0.2) is 21.5 Å². The zero-order valence-corrected chi connectivity index (χ0v) is 10.5. The Labute approximate surface area is 103 Å². The van der Waals surface area contributed by atoms with Gasteiger partial charge in [-0.2, -0.15) is 0 Å². The van der Waals surface area contributed by atoms with Crippen LogP contribution in [0.2, 0.25) is 0 Å². The van der Waals surface area contributed by atoms with Gasteiger partial charge in [0, 0.05) is 12.0 Å². The van der Waals surface area contributed by atoms with Gasteiger partial charge in [0.15, 0.2) is 0 Å². The van der Waals surface area contributed by atoms with Crippen LogP contribution in [-0.2, 0) is 9.53 Å². The van der Waals surface area contributed by atoms with Gasteiger partial charge in [-0.25, -0.2) is 4.79 Å². The largest absolute Gasteiger partial charge is 0.462 e. The van der Waals surface area contributed by atoms with Crippen molar-refractivity contribution in [1.29, 1.82) is 0 Å². The number of aliphatic hydroxyl groups is 1. The third-order valence-corrected chi connectivity index (χ3v) is 4.54. The Morgan fingerprint density at radius 2 is 2.56 bits per heavy atom. The minimum atomic E-state index is -0.264. The van der Waals surface area contributed by atoms with E-state index in [0.717, 1.165) is 5.03 Å². The van der Waals surface area contributed by atoms with E-state index in [4.69, 9.17) is 4.74 Å². The van der Waals surface area contributed by atoms with Crippen LogP contribution in [0.3, 0.4) is 0 Å². The fourth-order valence-corrected chi connectivity index (χ4v) is 3.75. The van der Waals surface area contributed by atoms with Crippen molar-refractivity contribution < 1.29 is 14.6 Å². The number of hydrogen-bond acceptors (Lipinski definition) is 6. The van der Waals surface area contributed by atoms with Crippen LogP contribution in [-0.4, -0.2) is 41.0 Å². The Hall–Kier alpha value is -0.590. The van der Waals surface area contributed by atoms with Gasteiger partial charge >= 0.3 is 5.97 Å². The molecular formula is C10H13NO3S2. The van der Waals surface area contributed by atoms with Crippen LogP contribution in [0.25, 0.3) is 0 Å². The Morgan fingerprint density at radius 1 is 1.75 bits per heavy atom. The van der Waals surface area contributed by atoms with Crippen molar-refractivity contribution in [2.45, 2.75) is 13.0 Å². The molecular weight excluding hydrogens is 246 g/mol. The Morgan fingerprint density at radius 3 is 3.25 bits per heavy atom. The predicted molar refractivity (Wildman–Crippen MR) is 65.6 cm³/mol. The third-order valence-electron chi connectivity index (χ3n) is 2.31. The molecule has 0 fully saturated rings. The lowest BCUT2D eigenvalue weighted by Crippen LogP contribution is -2.37. The second-order valence-electron chi connectivity index (χ2n) is 3.31. The molecule has 1 unspecified atom stereocenters. The topological polar surface area (TPSA) is 49.8 Å². The molecule has 0 bridgehead atoms. The number of aliphatic hydroxyl groups excluding tert-OH is 1. The summed E-state index contributed by atoms with van der Waals surface area (Å²) in [5, 5.41) is 12.0. The molecule has 0 aromatic rings. The normalized spacial score (nSPS) is 23.6. The molecule has 1 atom stereocenters. The molecule has 0 spiro atoms. The minimum Gasteiger partial charge on any atom is -0.462 e. The summed E-state index contributed by atoms with van der Waals surface area (Å²) in [6.45, 7) is 2.28. The van der Waals surface area contributed by atoms with Gasteiger partial charge in [-0.3, -0.25) is 0 Å². The van der Waals surface area contributed by atoms with Crippen molar-refractivity contribution in [3.63, 3.8) is 0 Å². The van der Waals surface area contributed by atoms with Crippen molar-refractivity contribution >= 4 is 29.5 Å². The molecule has 0 saturated heterocycles. The van der Waals surface area contributed by atoms with E-state index in [9.17, 15) is 9.90 Å². The maximum atomic E-state index is 11.7. The number of rotatable bonds is 3. The van der Waals surface area contributed by atoms with Gasteiger partial charge in [0.25, 0.3) is 0 Å². The molecule has 2 rings (SSSR count). The molecule has 0 aromatic heterocycles. The molecule has 16 heavy (non-hydrogen) atoms. The molecule has 2 aliphatic rings. The van der Waals surface area contributed by atoms with Gasteiger partial charge in [0.2, 0.25) is 0 Å². The first-order chi connectivity index (χ1) is 7.77. The summed E-state index contributed by atoms with van der Waals surface area (Å²) in [6, 6.07) is 0.0597. The standard InChI is InChI=1S/C10H13NO3S2/c1-2-14-10(13)8-9-11(3-4-15-9)7(5-12)6-16-8/h3-4,7,12H,2,5-6H2,1H3. The molecule has 88 valence electrons. The van der Waals surface area contributed by atoms with Gasteiger partial charge < -0.3 is 14.7 Å². The lowest BCUT2D eigenvalue weighted by Gasteiger charge is -2.32. The maximum absolute atomic E-state index is 11.7. The van der Waals surface area contributed by atoms with E-state index in [2.05, 4.69) is 0 Å². The Kier molecular flexibility index (Phi) is 3.83. The molecule has 0 aliphatic carbocycles. The molecule has 0 saturated carbocycles. The van der Waals surface area contributed by atoms with Crippen molar-refractivity contribution in [3.8, 4) is 0 Å². The Balaban J connectivity index is 2.22. The number of thioether (sulfide) groups is 2. The van der Waals surface area contributed by atoms with E-state index in [1.807, 2.05) is 16.5 Å². The molecule has 0 amide bonds. The maximum Gasteiger partial charge on any atom is 0.347 e. The van der Waals surface area contributed by atoms with Crippen LogP contribution in [0.4, 0.5) is 0 Å². The van der Waals surface area contributed by atoms with Crippen molar-refractivity contribution in [2.75, 3.05) is 19.0 Å². The third kappa shape index (κ3) is 2.09. The first-order valence-electron chi connectivity index (χ1n) is 5.04. The highest BCUT2D eigenvalue weighted by molar-refractivity contribution is 8.09. The molecule has 0 radical (unpaired) electrons. The average Bonchev–Trinajstić information content (AvgIpc) is 2.76. The summed E-state index contributed by atoms with van der Waals surface area (Å²) in [7, 11) is 0. The summed E-state index contributed by atoms with van der Waals surface area (Å²) in [5.74, 6) is 0.444. The molecule has 6 heteroatoms. The highest BCUT2D eigenvalue weighted by Gasteiger charge is 2.33. The van der Waals surface area contributed by atoms with E-state index in [1.54, 1.807) is 6.92 Å². The highest BCUT2D eigenvalue weighted by atomic mass is 32.2. The predicted octanol–water partition coefficient (Wildman–Crippen LogP) is 1.35. The smallest absolute Gasteiger partial charge is 0.347 e. The Bertz CT molecular complexity index is 354. The van der Waals surface area contributed by atoms with Gasteiger partial charge in [-0.05, 0) is 12.3 Å². The van der Waals surface area contributed by atoms with E-state index in [0.29, 0.717) is 17.3 Å². The fraction of sp³-hybridized carbons (Fsp3) is 0.500. The molecule has 2 aliphatic heterocycles. The van der Waals surface area contributed by atoms with E-state index < -0.39 is 0 Å². The average molecular weight is 259 g/mol.